The fourth-order valence-electron chi connectivity index (χ4n) is 2.61. The molecule has 0 aromatic heterocycles. The molecular formula is C16H21N3O3S. The zero-order chi connectivity index (χ0) is 17.3. The molecule has 1 aliphatic heterocycles. The summed E-state index contributed by atoms with van der Waals surface area (Å²) in [5.41, 5.74) is 4.21. The monoisotopic (exact) mass is 335 g/mol. The molecule has 1 aliphatic rings. The van der Waals surface area contributed by atoms with Crippen molar-refractivity contribution in [2.75, 3.05) is 12.4 Å². The van der Waals surface area contributed by atoms with Gasteiger partial charge in [0.15, 0.2) is 5.50 Å². The number of aryl methyl sites for hydroxylation is 3. The summed E-state index contributed by atoms with van der Waals surface area (Å²) in [6.45, 7) is 7.74. The molecule has 0 spiro atoms. The molecule has 1 unspecified atom stereocenters. The maximum Gasteiger partial charge on any atom is 0.406 e. The van der Waals surface area contributed by atoms with E-state index in [0.717, 1.165) is 28.1 Å². The van der Waals surface area contributed by atoms with Crippen LogP contribution < -0.4 is 10.6 Å². The van der Waals surface area contributed by atoms with Gasteiger partial charge in [-0.2, -0.15) is 0 Å². The van der Waals surface area contributed by atoms with Gasteiger partial charge in [-0.25, -0.2) is 4.79 Å². The molecule has 2 rings (SSSR count). The number of carboxylic acid groups (broad SMARTS) is 1. The van der Waals surface area contributed by atoms with Crippen molar-refractivity contribution in [3.8, 4) is 0 Å². The van der Waals surface area contributed by atoms with Crippen molar-refractivity contribution in [3.05, 3.63) is 39.4 Å². The number of nitrogens with zero attached hydrogens (tertiary/aromatic N) is 1. The van der Waals surface area contributed by atoms with Crippen LogP contribution in [0.5, 0.6) is 0 Å². The number of carbonyl (C=O) groups excluding carboxylic acids is 1. The Morgan fingerprint density at radius 2 is 1.74 bits per heavy atom. The number of hydrogen-bond donors (Lipinski definition) is 3. The van der Waals surface area contributed by atoms with E-state index in [1.54, 1.807) is 18.9 Å². The van der Waals surface area contributed by atoms with Gasteiger partial charge in [0.05, 0.1) is 4.91 Å². The predicted octanol–water partition coefficient (Wildman–Crippen LogP) is 3.01. The van der Waals surface area contributed by atoms with E-state index in [4.69, 9.17) is 5.11 Å². The van der Waals surface area contributed by atoms with Crippen LogP contribution in [0.25, 0.3) is 0 Å². The smallest absolute Gasteiger partial charge is 0.406 e. The Balaban J connectivity index is 2.20. The van der Waals surface area contributed by atoms with Gasteiger partial charge in [-0.1, -0.05) is 29.5 Å². The summed E-state index contributed by atoms with van der Waals surface area (Å²) in [6.07, 6.45) is -1.12. The average Bonchev–Trinajstić information content (AvgIpc) is 2.70. The number of thioether (sulfide) groups is 1. The van der Waals surface area contributed by atoms with Crippen LogP contribution in [0, 0.1) is 20.8 Å². The Morgan fingerprint density at radius 3 is 2.26 bits per heavy atom. The molecule has 0 fully saturated rings. The molecule has 0 radical (unpaired) electrons. The number of amides is 2. The van der Waals surface area contributed by atoms with Crippen molar-refractivity contribution < 1.29 is 14.7 Å². The largest absolute Gasteiger partial charge is 0.465 e. The molecule has 0 saturated carbocycles. The fraction of sp³-hybridized carbons (Fsp3) is 0.375. The first-order valence-electron chi connectivity index (χ1n) is 7.19. The van der Waals surface area contributed by atoms with E-state index in [1.165, 1.54) is 11.8 Å². The normalized spacial score (nSPS) is 17.4. The predicted molar refractivity (Wildman–Crippen MR) is 92.3 cm³/mol. The Morgan fingerprint density at radius 1 is 1.17 bits per heavy atom. The van der Waals surface area contributed by atoms with Crippen molar-refractivity contribution in [1.29, 1.82) is 0 Å². The van der Waals surface area contributed by atoms with E-state index < -0.39 is 11.6 Å². The Labute approximate surface area is 139 Å². The van der Waals surface area contributed by atoms with E-state index in [9.17, 15) is 9.59 Å². The summed E-state index contributed by atoms with van der Waals surface area (Å²) in [6, 6.07) is 4.04. The molecule has 6 nitrogen and oxygen atoms in total. The van der Waals surface area contributed by atoms with Crippen LogP contribution in [0.3, 0.4) is 0 Å². The number of carbonyl (C=O) groups is 2. The molecule has 23 heavy (non-hydrogen) atoms. The highest BCUT2D eigenvalue weighted by Gasteiger charge is 2.32. The minimum absolute atomic E-state index is 0.218. The summed E-state index contributed by atoms with van der Waals surface area (Å²) >= 11 is 1.20. The van der Waals surface area contributed by atoms with Gasteiger partial charge in [0.1, 0.15) is 0 Å². The molecule has 1 heterocycles. The van der Waals surface area contributed by atoms with Crippen molar-refractivity contribution in [2.45, 2.75) is 33.2 Å². The second kappa shape index (κ2) is 6.54. The van der Waals surface area contributed by atoms with E-state index in [0.29, 0.717) is 4.91 Å². The molecule has 1 aromatic carbocycles. The maximum atomic E-state index is 12.6. The fourth-order valence-corrected chi connectivity index (χ4v) is 3.78. The Kier molecular flexibility index (Phi) is 4.89. The topological polar surface area (TPSA) is 81.7 Å². The lowest BCUT2D eigenvalue weighted by Gasteiger charge is -2.21. The third-order valence-corrected chi connectivity index (χ3v) is 5.18. The molecule has 0 bridgehead atoms. The van der Waals surface area contributed by atoms with Crippen LogP contribution >= 0.6 is 11.8 Å². The van der Waals surface area contributed by atoms with Crippen LogP contribution in [0.15, 0.2) is 22.7 Å². The molecule has 3 N–H and O–H groups in total. The first-order valence-corrected chi connectivity index (χ1v) is 8.07. The molecule has 124 valence electrons. The Bertz CT molecular complexity index is 677. The van der Waals surface area contributed by atoms with Crippen LogP contribution in [0.2, 0.25) is 0 Å². The van der Waals surface area contributed by atoms with Crippen molar-refractivity contribution in [1.82, 2.24) is 10.2 Å². The Hall–Kier alpha value is -2.15. The number of hydrogen-bond acceptors (Lipinski definition) is 4. The quantitative estimate of drug-likeness (QED) is 0.791. The standard InChI is InChI=1S/C16H21N3O3S/c1-8-6-9(2)12(10(3)7-8)17-14(20)13-11(4)19(5)15(23-13)18-16(21)22/h6-7,15,18H,1-5H3,(H,17,20)(H,21,22). The highest BCUT2D eigenvalue weighted by molar-refractivity contribution is 8.04. The van der Waals surface area contributed by atoms with Gasteiger partial charge in [-0.15, -0.1) is 0 Å². The summed E-state index contributed by atoms with van der Waals surface area (Å²) < 4.78 is 0. The van der Waals surface area contributed by atoms with E-state index in [1.807, 2.05) is 32.9 Å². The van der Waals surface area contributed by atoms with E-state index >= 15 is 0 Å². The van der Waals surface area contributed by atoms with Crippen LogP contribution in [-0.4, -0.2) is 34.6 Å². The zero-order valence-electron chi connectivity index (χ0n) is 13.9. The van der Waals surface area contributed by atoms with Crippen LogP contribution in [0.1, 0.15) is 23.6 Å². The summed E-state index contributed by atoms with van der Waals surface area (Å²) in [4.78, 5) is 25.7. The molecule has 1 atom stereocenters. The first kappa shape index (κ1) is 17.2. The molecule has 1 aromatic rings. The third kappa shape index (κ3) is 3.61. The number of rotatable bonds is 3. The van der Waals surface area contributed by atoms with Gasteiger partial charge in [0, 0.05) is 18.4 Å². The maximum absolute atomic E-state index is 12.6. The van der Waals surface area contributed by atoms with E-state index in [-0.39, 0.29) is 5.91 Å². The number of benzene rings is 1. The van der Waals surface area contributed by atoms with Gasteiger partial charge in [-0.05, 0) is 38.8 Å². The first-order chi connectivity index (χ1) is 10.7. The molecule has 0 aliphatic carbocycles. The van der Waals surface area contributed by atoms with Gasteiger partial charge >= 0.3 is 6.09 Å². The van der Waals surface area contributed by atoms with Crippen molar-refractivity contribution >= 4 is 29.4 Å². The lowest BCUT2D eigenvalue weighted by Crippen LogP contribution is -2.39. The van der Waals surface area contributed by atoms with Crippen LogP contribution in [-0.2, 0) is 4.79 Å². The lowest BCUT2D eigenvalue weighted by atomic mass is 10.1. The second-order valence-corrected chi connectivity index (χ2v) is 6.76. The van der Waals surface area contributed by atoms with E-state index in [2.05, 4.69) is 10.6 Å². The zero-order valence-corrected chi connectivity index (χ0v) is 14.7. The minimum Gasteiger partial charge on any atom is -0.465 e. The number of anilines is 1. The van der Waals surface area contributed by atoms with Crippen LogP contribution in [0.4, 0.5) is 10.5 Å². The molecule has 7 heteroatoms. The van der Waals surface area contributed by atoms with Crippen molar-refractivity contribution in [3.63, 3.8) is 0 Å². The highest BCUT2D eigenvalue weighted by atomic mass is 32.2. The average molecular weight is 335 g/mol. The minimum atomic E-state index is -1.12. The molecule has 2 amide bonds. The molecule has 0 saturated heterocycles. The molecular weight excluding hydrogens is 314 g/mol. The SMILES string of the molecule is CC1=C(C(=O)Nc2c(C)cc(C)cc2C)SC(NC(=O)O)N1C. The number of nitrogens with one attached hydrogen (secondary N) is 2. The third-order valence-electron chi connectivity index (χ3n) is 3.81. The summed E-state index contributed by atoms with van der Waals surface area (Å²) in [5.74, 6) is -0.218. The lowest BCUT2D eigenvalue weighted by molar-refractivity contribution is -0.112. The highest BCUT2D eigenvalue weighted by Crippen LogP contribution is 2.36. The van der Waals surface area contributed by atoms with Gasteiger partial charge in [-0.3, -0.25) is 10.1 Å². The summed E-state index contributed by atoms with van der Waals surface area (Å²) in [5, 5.41) is 14.2. The number of allylic oxidation sites excluding steroid dienone is 1. The van der Waals surface area contributed by atoms with Gasteiger partial charge in [0.2, 0.25) is 0 Å². The van der Waals surface area contributed by atoms with Gasteiger partial charge in [0.25, 0.3) is 5.91 Å². The van der Waals surface area contributed by atoms with Gasteiger partial charge < -0.3 is 15.3 Å². The van der Waals surface area contributed by atoms with Crippen molar-refractivity contribution in [2.24, 2.45) is 0 Å². The second-order valence-electron chi connectivity index (χ2n) is 5.67. The summed E-state index contributed by atoms with van der Waals surface area (Å²) in [7, 11) is 1.76.